The second-order valence-electron chi connectivity index (χ2n) is 5.91. The van der Waals surface area contributed by atoms with Gasteiger partial charge in [-0.1, -0.05) is 12.1 Å². The van der Waals surface area contributed by atoms with E-state index in [1.54, 1.807) is 24.3 Å². The molecule has 0 aliphatic carbocycles. The molecule has 0 radical (unpaired) electrons. The first-order valence-corrected chi connectivity index (χ1v) is 8.17. The minimum Gasteiger partial charge on any atom is -0.393 e. The number of nitrogens with one attached hydrogen (secondary N) is 2. The molecule has 1 heterocycles. The van der Waals surface area contributed by atoms with Crippen molar-refractivity contribution in [3.63, 3.8) is 0 Å². The summed E-state index contributed by atoms with van der Waals surface area (Å²) in [6.07, 6.45) is -3.34. The number of aromatic nitrogens is 2. The summed E-state index contributed by atoms with van der Waals surface area (Å²) in [6, 6.07) is 11.7. The smallest absolute Gasteiger partial charge is 0.393 e. The number of nitrogens with zero attached hydrogens (tertiary/aromatic N) is 2. The van der Waals surface area contributed by atoms with Gasteiger partial charge in [-0.25, -0.2) is 9.97 Å². The van der Waals surface area contributed by atoms with E-state index in [2.05, 4.69) is 20.6 Å². The number of Topliss-reactive ketones (excluding diaryl/α,β-unsaturated/α-hetero) is 1. The maximum Gasteiger partial charge on any atom is 0.418 e. The first-order chi connectivity index (χ1) is 13.3. The molecule has 6 nitrogen and oxygen atoms in total. The van der Waals surface area contributed by atoms with Crippen molar-refractivity contribution < 1.29 is 18.0 Å². The zero-order chi connectivity index (χ0) is 20.3. The number of para-hydroxylation sites is 1. The number of anilines is 5. The largest absolute Gasteiger partial charge is 0.418 e. The summed E-state index contributed by atoms with van der Waals surface area (Å²) in [5, 5.41) is 5.58. The van der Waals surface area contributed by atoms with Gasteiger partial charge in [0, 0.05) is 11.3 Å². The summed E-state index contributed by atoms with van der Waals surface area (Å²) < 4.78 is 39.5. The van der Waals surface area contributed by atoms with Crippen LogP contribution in [0, 0.1) is 0 Å². The zero-order valence-electron chi connectivity index (χ0n) is 14.7. The minimum atomic E-state index is -4.52. The van der Waals surface area contributed by atoms with Gasteiger partial charge in [0.1, 0.15) is 12.0 Å². The highest BCUT2D eigenvalue weighted by Crippen LogP contribution is 2.37. The monoisotopic (exact) mass is 387 g/mol. The molecule has 144 valence electrons. The van der Waals surface area contributed by atoms with E-state index in [0.29, 0.717) is 11.3 Å². The Kier molecular flexibility index (Phi) is 5.16. The number of carbonyl (C=O) groups excluding carboxylic acids is 1. The number of alkyl halides is 3. The molecule has 28 heavy (non-hydrogen) atoms. The molecule has 3 rings (SSSR count). The number of rotatable bonds is 5. The van der Waals surface area contributed by atoms with Crippen LogP contribution in [0.2, 0.25) is 0 Å². The lowest BCUT2D eigenvalue weighted by molar-refractivity contribution is -0.136. The molecular formula is C19H16F3N5O. The zero-order valence-corrected chi connectivity index (χ0v) is 14.7. The van der Waals surface area contributed by atoms with Crippen molar-refractivity contribution in [2.24, 2.45) is 0 Å². The number of benzene rings is 2. The predicted molar refractivity (Wildman–Crippen MR) is 101 cm³/mol. The number of nitrogen functional groups attached to an aromatic ring is 1. The van der Waals surface area contributed by atoms with Crippen LogP contribution in [-0.4, -0.2) is 15.8 Å². The van der Waals surface area contributed by atoms with Gasteiger partial charge >= 0.3 is 6.18 Å². The second-order valence-corrected chi connectivity index (χ2v) is 5.91. The molecule has 0 saturated heterocycles. The average molecular weight is 387 g/mol. The van der Waals surface area contributed by atoms with Gasteiger partial charge in [0.05, 0.1) is 11.3 Å². The molecule has 0 saturated carbocycles. The Bertz CT molecular complexity index is 1000. The third kappa shape index (κ3) is 4.20. The quantitative estimate of drug-likeness (QED) is 0.546. The van der Waals surface area contributed by atoms with Gasteiger partial charge in [-0.3, -0.25) is 4.79 Å². The Morgan fingerprint density at radius 3 is 2.18 bits per heavy atom. The number of nitrogens with two attached hydrogens (primary N) is 1. The van der Waals surface area contributed by atoms with Gasteiger partial charge in [0.25, 0.3) is 0 Å². The van der Waals surface area contributed by atoms with E-state index in [9.17, 15) is 18.0 Å². The molecule has 0 aliphatic heterocycles. The highest BCUT2D eigenvalue weighted by atomic mass is 19.4. The first-order valence-electron chi connectivity index (χ1n) is 8.17. The molecule has 0 atom stereocenters. The molecule has 2 aromatic carbocycles. The van der Waals surface area contributed by atoms with Gasteiger partial charge in [0.2, 0.25) is 0 Å². The van der Waals surface area contributed by atoms with Gasteiger partial charge in [0.15, 0.2) is 17.4 Å². The Balaban J connectivity index is 1.87. The van der Waals surface area contributed by atoms with Crippen LogP contribution in [0.3, 0.4) is 0 Å². The normalized spacial score (nSPS) is 11.1. The van der Waals surface area contributed by atoms with Crippen LogP contribution >= 0.6 is 0 Å². The van der Waals surface area contributed by atoms with Crippen LogP contribution < -0.4 is 16.4 Å². The number of hydrogen-bond donors (Lipinski definition) is 3. The fourth-order valence-electron chi connectivity index (χ4n) is 2.49. The molecule has 9 heteroatoms. The van der Waals surface area contributed by atoms with Crippen molar-refractivity contribution in [3.8, 4) is 0 Å². The van der Waals surface area contributed by atoms with Crippen LogP contribution in [0.25, 0.3) is 0 Å². The summed E-state index contributed by atoms with van der Waals surface area (Å²) in [5.41, 5.74) is 6.24. The van der Waals surface area contributed by atoms with Crippen LogP contribution in [-0.2, 0) is 6.18 Å². The first kappa shape index (κ1) is 19.2. The van der Waals surface area contributed by atoms with Crippen molar-refractivity contribution in [3.05, 3.63) is 66.0 Å². The standard InChI is InChI=1S/C19H16F3N5O/c1-11(28)12-6-8-13(9-7-12)26-17-16(23)18(25-10-24-17)27-15-5-3-2-4-14(15)19(20,21)22/h2-10H,23H2,1H3,(H2,24,25,26,27). The molecule has 4 N–H and O–H groups in total. The fourth-order valence-corrected chi connectivity index (χ4v) is 2.49. The van der Waals surface area contributed by atoms with Crippen LogP contribution in [0.15, 0.2) is 54.9 Å². The van der Waals surface area contributed by atoms with Crippen molar-refractivity contribution >= 4 is 34.5 Å². The summed E-state index contributed by atoms with van der Waals surface area (Å²) in [5.74, 6) is 0.190. The van der Waals surface area contributed by atoms with E-state index >= 15 is 0 Å². The molecule has 0 fully saturated rings. The summed E-state index contributed by atoms with van der Waals surface area (Å²) in [7, 11) is 0. The molecule has 1 aromatic heterocycles. The SMILES string of the molecule is CC(=O)c1ccc(Nc2ncnc(Nc3ccccc3C(F)(F)F)c2N)cc1. The van der Waals surface area contributed by atoms with Gasteiger partial charge in [-0.05, 0) is 43.3 Å². The molecule has 0 unspecified atom stereocenters. The lowest BCUT2D eigenvalue weighted by Gasteiger charge is -2.16. The van der Waals surface area contributed by atoms with Gasteiger partial charge < -0.3 is 16.4 Å². The highest BCUT2D eigenvalue weighted by Gasteiger charge is 2.33. The van der Waals surface area contributed by atoms with E-state index in [4.69, 9.17) is 5.73 Å². The van der Waals surface area contributed by atoms with E-state index in [1.807, 2.05) is 0 Å². The molecule has 0 bridgehead atoms. The Morgan fingerprint density at radius 1 is 0.964 bits per heavy atom. The Labute approximate surface area is 158 Å². The van der Waals surface area contributed by atoms with E-state index in [0.717, 1.165) is 6.07 Å². The number of carbonyl (C=O) groups is 1. The van der Waals surface area contributed by atoms with Crippen molar-refractivity contribution in [2.75, 3.05) is 16.4 Å². The van der Waals surface area contributed by atoms with Crippen molar-refractivity contribution in [1.82, 2.24) is 9.97 Å². The maximum atomic E-state index is 13.2. The van der Waals surface area contributed by atoms with Crippen LogP contribution in [0.4, 0.5) is 41.9 Å². The molecule has 0 spiro atoms. The highest BCUT2D eigenvalue weighted by molar-refractivity contribution is 5.94. The topological polar surface area (TPSA) is 92.9 Å². The summed E-state index contributed by atoms with van der Waals surface area (Å²) >= 11 is 0. The summed E-state index contributed by atoms with van der Waals surface area (Å²) in [6.45, 7) is 1.46. The van der Waals surface area contributed by atoms with Gasteiger partial charge in [-0.2, -0.15) is 13.2 Å². The van der Waals surface area contributed by atoms with E-state index in [1.165, 1.54) is 31.5 Å². The lowest BCUT2D eigenvalue weighted by Crippen LogP contribution is -2.10. The number of ketones is 1. The molecular weight excluding hydrogens is 371 g/mol. The van der Waals surface area contributed by atoms with Crippen LogP contribution in [0.5, 0.6) is 0 Å². The third-order valence-electron chi connectivity index (χ3n) is 3.92. The Morgan fingerprint density at radius 2 is 1.57 bits per heavy atom. The minimum absolute atomic E-state index is 0.0366. The third-order valence-corrected chi connectivity index (χ3v) is 3.92. The molecule has 3 aromatic rings. The Hall–Kier alpha value is -3.62. The van der Waals surface area contributed by atoms with Crippen molar-refractivity contribution in [1.29, 1.82) is 0 Å². The van der Waals surface area contributed by atoms with Crippen LogP contribution in [0.1, 0.15) is 22.8 Å². The predicted octanol–water partition coefficient (Wildman–Crippen LogP) is 4.77. The number of hydrogen-bond acceptors (Lipinski definition) is 6. The van der Waals surface area contributed by atoms with E-state index < -0.39 is 11.7 Å². The van der Waals surface area contributed by atoms with E-state index in [-0.39, 0.29) is 28.8 Å². The molecule has 0 amide bonds. The maximum absolute atomic E-state index is 13.2. The number of halogens is 3. The summed E-state index contributed by atoms with van der Waals surface area (Å²) in [4.78, 5) is 19.3. The van der Waals surface area contributed by atoms with Gasteiger partial charge in [-0.15, -0.1) is 0 Å². The average Bonchev–Trinajstić information content (AvgIpc) is 2.65. The molecule has 0 aliphatic rings. The fraction of sp³-hybridized carbons (Fsp3) is 0.105. The lowest BCUT2D eigenvalue weighted by atomic mass is 10.1. The second kappa shape index (κ2) is 7.55. The van der Waals surface area contributed by atoms with Crippen molar-refractivity contribution in [2.45, 2.75) is 13.1 Å².